The van der Waals surface area contributed by atoms with Crippen LogP contribution in [0, 0.1) is 11.7 Å². The van der Waals surface area contributed by atoms with Crippen molar-refractivity contribution in [1.29, 1.82) is 0 Å². The Balaban J connectivity index is 1.47. The number of aromatic nitrogens is 2. The number of halogens is 1. The molecule has 6 nitrogen and oxygen atoms in total. The van der Waals surface area contributed by atoms with Gasteiger partial charge in [-0.05, 0) is 43.0 Å². The minimum atomic E-state index is -0.340. The van der Waals surface area contributed by atoms with E-state index >= 15 is 0 Å². The van der Waals surface area contributed by atoms with Gasteiger partial charge in [0.1, 0.15) is 23.2 Å². The maximum absolute atomic E-state index is 12.9. The topological polar surface area (TPSA) is 78.4 Å². The average molecular weight is 330 g/mol. The molecule has 2 N–H and O–H groups in total. The lowest BCUT2D eigenvalue weighted by molar-refractivity contribution is -0.117. The number of nitrogens with one attached hydrogen (secondary N) is 1. The highest BCUT2D eigenvalue weighted by molar-refractivity contribution is 5.89. The summed E-state index contributed by atoms with van der Waals surface area (Å²) in [6.45, 7) is 1.60. The Morgan fingerprint density at radius 3 is 2.62 bits per heavy atom. The summed E-state index contributed by atoms with van der Waals surface area (Å²) < 4.78 is 12.9. The Morgan fingerprint density at radius 2 is 2.00 bits per heavy atom. The molecule has 0 aromatic carbocycles. The van der Waals surface area contributed by atoms with Crippen LogP contribution in [0.4, 0.5) is 16.0 Å². The maximum Gasteiger partial charge on any atom is 0.225 e. The van der Waals surface area contributed by atoms with E-state index < -0.39 is 0 Å². The predicted molar refractivity (Wildman–Crippen MR) is 88.3 cm³/mol. The van der Waals surface area contributed by atoms with Crippen LogP contribution in [0.15, 0.2) is 36.7 Å². The first-order valence-electron chi connectivity index (χ1n) is 7.91. The van der Waals surface area contributed by atoms with Gasteiger partial charge < -0.3 is 15.3 Å². The first kappa shape index (κ1) is 16.2. The number of carbonyl (C=O) groups is 1. The van der Waals surface area contributed by atoms with Crippen molar-refractivity contribution in [1.82, 2.24) is 9.97 Å². The monoisotopic (exact) mass is 330 g/mol. The largest absolute Gasteiger partial charge is 0.506 e. The molecule has 3 heterocycles. The summed E-state index contributed by atoms with van der Waals surface area (Å²) in [6, 6.07) is 6.14. The Morgan fingerprint density at radius 1 is 1.21 bits per heavy atom. The van der Waals surface area contributed by atoms with Gasteiger partial charge in [0.05, 0.1) is 12.4 Å². The van der Waals surface area contributed by atoms with Gasteiger partial charge in [-0.1, -0.05) is 0 Å². The van der Waals surface area contributed by atoms with Crippen molar-refractivity contribution in [2.45, 2.75) is 19.3 Å². The van der Waals surface area contributed by atoms with Crippen molar-refractivity contribution in [3.8, 4) is 5.75 Å². The molecule has 0 aliphatic carbocycles. The van der Waals surface area contributed by atoms with E-state index in [0.717, 1.165) is 31.7 Å². The van der Waals surface area contributed by atoms with Crippen molar-refractivity contribution < 1.29 is 14.3 Å². The number of amides is 1. The van der Waals surface area contributed by atoms with Gasteiger partial charge in [-0.15, -0.1) is 0 Å². The Hall–Kier alpha value is -2.70. The molecular weight excluding hydrogens is 311 g/mol. The summed E-state index contributed by atoms with van der Waals surface area (Å²) in [6.07, 6.45) is 4.72. The van der Waals surface area contributed by atoms with E-state index in [2.05, 4.69) is 20.2 Å². The molecule has 0 atom stereocenters. The van der Waals surface area contributed by atoms with Gasteiger partial charge in [-0.25, -0.2) is 14.4 Å². The molecule has 7 heteroatoms. The summed E-state index contributed by atoms with van der Waals surface area (Å²) in [5.74, 6) is 1.16. The standard InChI is InChI=1S/C17H19FN4O2/c18-13-1-4-16(20-10-13)22-7-5-12(6-8-22)9-17(24)21-15-3-2-14(23)11-19-15/h1-4,10-12,23H,5-9H2,(H,19,21,24). The van der Waals surface area contributed by atoms with Gasteiger partial charge in [-0.2, -0.15) is 0 Å². The highest BCUT2D eigenvalue weighted by Crippen LogP contribution is 2.24. The molecule has 0 unspecified atom stereocenters. The van der Waals surface area contributed by atoms with E-state index in [4.69, 9.17) is 0 Å². The van der Waals surface area contributed by atoms with Crippen molar-refractivity contribution in [3.63, 3.8) is 0 Å². The predicted octanol–water partition coefficient (Wildman–Crippen LogP) is 2.57. The molecule has 1 aliphatic rings. The number of nitrogens with zero attached hydrogens (tertiary/aromatic N) is 3. The molecule has 24 heavy (non-hydrogen) atoms. The van der Waals surface area contributed by atoms with E-state index in [1.165, 1.54) is 24.5 Å². The molecule has 2 aromatic rings. The molecule has 3 rings (SSSR count). The first-order chi connectivity index (χ1) is 11.6. The second-order valence-corrected chi connectivity index (χ2v) is 5.92. The van der Waals surface area contributed by atoms with E-state index in [1.807, 2.05) is 0 Å². The number of rotatable bonds is 4. The summed E-state index contributed by atoms with van der Waals surface area (Å²) in [5, 5.41) is 11.9. The van der Waals surface area contributed by atoms with Crippen molar-refractivity contribution in [2.24, 2.45) is 5.92 Å². The first-order valence-corrected chi connectivity index (χ1v) is 7.91. The van der Waals surface area contributed by atoms with Crippen molar-refractivity contribution >= 4 is 17.5 Å². The summed E-state index contributed by atoms with van der Waals surface area (Å²) in [4.78, 5) is 22.2. The minimum Gasteiger partial charge on any atom is -0.506 e. The van der Waals surface area contributed by atoms with Crippen LogP contribution in [0.2, 0.25) is 0 Å². The van der Waals surface area contributed by atoms with Crippen LogP contribution in [-0.2, 0) is 4.79 Å². The number of pyridine rings is 2. The minimum absolute atomic E-state index is 0.0646. The molecule has 2 aromatic heterocycles. The van der Waals surface area contributed by atoms with Gasteiger partial charge in [0.25, 0.3) is 0 Å². The Labute approximate surface area is 139 Å². The molecule has 0 radical (unpaired) electrons. The highest BCUT2D eigenvalue weighted by atomic mass is 19.1. The number of carbonyl (C=O) groups excluding carboxylic acids is 1. The number of piperidine rings is 1. The SMILES string of the molecule is O=C(CC1CCN(c2ccc(F)cn2)CC1)Nc1ccc(O)cn1. The van der Waals surface area contributed by atoms with Crippen LogP contribution >= 0.6 is 0 Å². The molecule has 1 aliphatic heterocycles. The van der Waals surface area contributed by atoms with Crippen LogP contribution in [0.3, 0.4) is 0 Å². The molecule has 1 fully saturated rings. The van der Waals surface area contributed by atoms with Gasteiger partial charge in [-0.3, -0.25) is 4.79 Å². The molecule has 0 spiro atoms. The lowest BCUT2D eigenvalue weighted by Crippen LogP contribution is -2.35. The van der Waals surface area contributed by atoms with Gasteiger partial charge >= 0.3 is 0 Å². The third-order valence-electron chi connectivity index (χ3n) is 4.14. The van der Waals surface area contributed by atoms with Gasteiger partial charge in [0.15, 0.2) is 0 Å². The summed E-state index contributed by atoms with van der Waals surface area (Å²) in [7, 11) is 0. The Bertz CT molecular complexity index is 683. The van der Waals surface area contributed by atoms with E-state index in [9.17, 15) is 14.3 Å². The smallest absolute Gasteiger partial charge is 0.225 e. The van der Waals surface area contributed by atoms with E-state index in [0.29, 0.717) is 18.2 Å². The third-order valence-corrected chi connectivity index (χ3v) is 4.14. The zero-order chi connectivity index (χ0) is 16.9. The van der Waals surface area contributed by atoms with Crippen LogP contribution in [0.1, 0.15) is 19.3 Å². The molecule has 0 bridgehead atoms. The molecule has 1 amide bonds. The molecule has 126 valence electrons. The second-order valence-electron chi connectivity index (χ2n) is 5.92. The fraction of sp³-hybridized carbons (Fsp3) is 0.353. The quantitative estimate of drug-likeness (QED) is 0.901. The van der Waals surface area contributed by atoms with Crippen molar-refractivity contribution in [2.75, 3.05) is 23.3 Å². The highest BCUT2D eigenvalue weighted by Gasteiger charge is 2.22. The van der Waals surface area contributed by atoms with Gasteiger partial charge in [0, 0.05) is 19.5 Å². The van der Waals surface area contributed by atoms with Crippen LogP contribution in [0.5, 0.6) is 5.75 Å². The average Bonchev–Trinajstić information content (AvgIpc) is 2.58. The number of hydrogen-bond acceptors (Lipinski definition) is 5. The molecular formula is C17H19FN4O2. The van der Waals surface area contributed by atoms with E-state index in [1.54, 1.807) is 12.1 Å². The Kier molecular flexibility index (Phi) is 4.88. The van der Waals surface area contributed by atoms with Crippen molar-refractivity contribution in [3.05, 3.63) is 42.5 Å². The zero-order valence-electron chi connectivity index (χ0n) is 13.2. The van der Waals surface area contributed by atoms with Gasteiger partial charge in [0.2, 0.25) is 5.91 Å². The summed E-state index contributed by atoms with van der Waals surface area (Å²) in [5.41, 5.74) is 0. The van der Waals surface area contributed by atoms with Crippen LogP contribution in [0.25, 0.3) is 0 Å². The fourth-order valence-corrected chi connectivity index (χ4v) is 2.84. The number of anilines is 2. The van der Waals surface area contributed by atoms with Crippen LogP contribution in [-0.4, -0.2) is 34.1 Å². The van der Waals surface area contributed by atoms with Crippen LogP contribution < -0.4 is 10.2 Å². The van der Waals surface area contributed by atoms with E-state index in [-0.39, 0.29) is 17.5 Å². The third kappa shape index (κ3) is 4.18. The maximum atomic E-state index is 12.9. The molecule has 1 saturated heterocycles. The lowest BCUT2D eigenvalue weighted by Gasteiger charge is -2.32. The number of hydrogen-bond donors (Lipinski definition) is 2. The summed E-state index contributed by atoms with van der Waals surface area (Å²) >= 11 is 0. The second kappa shape index (κ2) is 7.25. The fourth-order valence-electron chi connectivity index (χ4n) is 2.84. The number of aromatic hydroxyl groups is 1. The molecule has 0 saturated carbocycles. The zero-order valence-corrected chi connectivity index (χ0v) is 13.2. The lowest BCUT2D eigenvalue weighted by atomic mass is 9.93. The normalized spacial score (nSPS) is 15.3.